The van der Waals surface area contributed by atoms with Crippen LogP contribution in [0.5, 0.6) is 5.75 Å². The molecule has 1 aliphatic heterocycles. The zero-order valence-electron chi connectivity index (χ0n) is 19.3. The molecule has 1 saturated heterocycles. The van der Waals surface area contributed by atoms with Gasteiger partial charge in [0.1, 0.15) is 17.6 Å². The van der Waals surface area contributed by atoms with Crippen LogP contribution in [0.15, 0.2) is 78.9 Å². The summed E-state index contributed by atoms with van der Waals surface area (Å²) in [5, 5.41) is 2.78. The molecule has 0 saturated carbocycles. The number of nitrogens with one attached hydrogen (secondary N) is 1. The van der Waals surface area contributed by atoms with E-state index in [4.69, 9.17) is 4.74 Å². The van der Waals surface area contributed by atoms with E-state index in [1.165, 1.54) is 17.0 Å². The maximum absolute atomic E-state index is 13.4. The third-order valence-electron chi connectivity index (χ3n) is 5.59. The highest BCUT2D eigenvalue weighted by Crippen LogP contribution is 2.28. The number of anilines is 2. The zero-order valence-corrected chi connectivity index (χ0v) is 19.3. The SMILES string of the molecule is CCCOc1ccc(NC(=O)CC2C(=O)N(c3ccccc3)C(=O)N2Cc2ccc(F)cc2)cc1. The monoisotopic (exact) mass is 475 g/mol. The molecular weight excluding hydrogens is 449 g/mol. The van der Waals surface area contributed by atoms with E-state index in [0.717, 1.165) is 11.3 Å². The Bertz CT molecular complexity index is 1180. The number of rotatable bonds is 9. The fraction of sp³-hybridized carbons (Fsp3) is 0.222. The van der Waals surface area contributed by atoms with Gasteiger partial charge in [0.15, 0.2) is 0 Å². The first-order valence-corrected chi connectivity index (χ1v) is 11.4. The molecular formula is C27H26FN3O4. The van der Waals surface area contributed by atoms with Gasteiger partial charge in [-0.1, -0.05) is 37.3 Å². The van der Waals surface area contributed by atoms with E-state index in [2.05, 4.69) is 5.32 Å². The quantitative estimate of drug-likeness (QED) is 0.443. The standard InChI is InChI=1S/C27H26FN3O4/c1-2-16-35-23-14-12-21(13-15-23)29-25(32)17-24-26(33)31(22-6-4-3-5-7-22)27(34)30(24)18-19-8-10-20(28)11-9-19/h3-15,24H,2,16-18H2,1H3,(H,29,32). The first kappa shape index (κ1) is 23.9. The number of hydrogen-bond donors (Lipinski definition) is 1. The molecule has 1 atom stereocenters. The van der Waals surface area contributed by atoms with Gasteiger partial charge in [-0.2, -0.15) is 0 Å². The van der Waals surface area contributed by atoms with Crippen LogP contribution >= 0.6 is 0 Å². The van der Waals surface area contributed by atoms with Crippen molar-refractivity contribution in [3.63, 3.8) is 0 Å². The molecule has 1 aliphatic rings. The summed E-state index contributed by atoms with van der Waals surface area (Å²) in [4.78, 5) is 41.9. The van der Waals surface area contributed by atoms with Crippen LogP contribution in [0, 0.1) is 5.82 Å². The van der Waals surface area contributed by atoms with Crippen molar-refractivity contribution in [3.05, 3.63) is 90.2 Å². The highest BCUT2D eigenvalue weighted by Gasteiger charge is 2.46. The van der Waals surface area contributed by atoms with E-state index in [-0.39, 0.29) is 13.0 Å². The molecule has 0 radical (unpaired) electrons. The molecule has 1 fully saturated rings. The normalized spacial score (nSPS) is 15.4. The van der Waals surface area contributed by atoms with Crippen molar-refractivity contribution >= 4 is 29.2 Å². The van der Waals surface area contributed by atoms with E-state index >= 15 is 0 Å². The molecule has 4 amide bonds. The van der Waals surface area contributed by atoms with E-state index in [1.54, 1.807) is 66.7 Å². The van der Waals surface area contributed by atoms with Crippen LogP contribution in [0.4, 0.5) is 20.6 Å². The molecule has 0 aromatic heterocycles. The number of carbonyl (C=O) groups is 3. The van der Waals surface area contributed by atoms with Gasteiger partial charge in [0.25, 0.3) is 5.91 Å². The minimum absolute atomic E-state index is 0.0651. The minimum Gasteiger partial charge on any atom is -0.494 e. The van der Waals surface area contributed by atoms with E-state index < -0.39 is 29.7 Å². The number of benzene rings is 3. The third-order valence-corrected chi connectivity index (χ3v) is 5.59. The van der Waals surface area contributed by atoms with Crippen LogP contribution in [0.3, 0.4) is 0 Å². The number of hydrogen-bond acceptors (Lipinski definition) is 4. The van der Waals surface area contributed by atoms with Crippen molar-refractivity contribution in [2.45, 2.75) is 32.4 Å². The molecule has 0 spiro atoms. The number of imide groups is 1. The van der Waals surface area contributed by atoms with Crippen molar-refractivity contribution in [2.75, 3.05) is 16.8 Å². The lowest BCUT2D eigenvalue weighted by Gasteiger charge is -2.21. The topological polar surface area (TPSA) is 79.0 Å². The fourth-order valence-corrected chi connectivity index (χ4v) is 3.86. The summed E-state index contributed by atoms with van der Waals surface area (Å²) in [7, 11) is 0. The predicted octanol–water partition coefficient (Wildman–Crippen LogP) is 4.98. The summed E-state index contributed by atoms with van der Waals surface area (Å²) >= 11 is 0. The smallest absolute Gasteiger partial charge is 0.332 e. The lowest BCUT2D eigenvalue weighted by atomic mass is 10.1. The molecule has 1 unspecified atom stereocenters. The summed E-state index contributed by atoms with van der Waals surface area (Å²) in [6.45, 7) is 2.68. The Morgan fingerprint density at radius 2 is 1.66 bits per heavy atom. The Labute approximate surface area is 203 Å². The molecule has 0 bridgehead atoms. The average molecular weight is 476 g/mol. The lowest BCUT2D eigenvalue weighted by Crippen LogP contribution is -2.37. The summed E-state index contributed by atoms with van der Waals surface area (Å²) in [5.74, 6) is -0.588. The number of halogens is 1. The maximum Gasteiger partial charge on any atom is 0.332 e. The predicted molar refractivity (Wildman–Crippen MR) is 131 cm³/mol. The van der Waals surface area contributed by atoms with E-state index in [9.17, 15) is 18.8 Å². The van der Waals surface area contributed by atoms with Gasteiger partial charge in [-0.05, 0) is 60.5 Å². The Kier molecular flexibility index (Phi) is 7.40. The Morgan fingerprint density at radius 3 is 2.31 bits per heavy atom. The van der Waals surface area contributed by atoms with Crippen LogP contribution in [0.2, 0.25) is 0 Å². The Balaban J connectivity index is 1.52. The number of urea groups is 1. The molecule has 180 valence electrons. The second-order valence-electron chi connectivity index (χ2n) is 8.19. The summed E-state index contributed by atoms with van der Waals surface area (Å²) in [5.41, 5.74) is 1.63. The van der Waals surface area contributed by atoms with Crippen molar-refractivity contribution in [1.29, 1.82) is 0 Å². The molecule has 1 heterocycles. The average Bonchev–Trinajstić information content (AvgIpc) is 3.09. The van der Waals surface area contributed by atoms with Gasteiger partial charge in [-0.3, -0.25) is 9.59 Å². The number of para-hydroxylation sites is 1. The second-order valence-corrected chi connectivity index (χ2v) is 8.19. The molecule has 8 heteroatoms. The van der Waals surface area contributed by atoms with Crippen LogP contribution < -0.4 is 15.0 Å². The molecule has 0 aliphatic carbocycles. The molecule has 35 heavy (non-hydrogen) atoms. The maximum atomic E-state index is 13.4. The fourth-order valence-electron chi connectivity index (χ4n) is 3.86. The molecule has 1 N–H and O–H groups in total. The van der Waals surface area contributed by atoms with Crippen molar-refractivity contribution in [2.24, 2.45) is 0 Å². The number of carbonyl (C=O) groups excluding carboxylic acids is 3. The second kappa shape index (κ2) is 10.8. The molecule has 7 nitrogen and oxygen atoms in total. The van der Waals surface area contributed by atoms with Crippen molar-refractivity contribution < 1.29 is 23.5 Å². The van der Waals surface area contributed by atoms with E-state index in [1.807, 2.05) is 6.92 Å². The number of ether oxygens (including phenoxy) is 1. The highest BCUT2D eigenvalue weighted by molar-refractivity contribution is 6.22. The largest absolute Gasteiger partial charge is 0.494 e. The van der Waals surface area contributed by atoms with Crippen LogP contribution in [-0.4, -0.2) is 35.4 Å². The van der Waals surface area contributed by atoms with Gasteiger partial charge >= 0.3 is 6.03 Å². The van der Waals surface area contributed by atoms with Gasteiger partial charge in [-0.25, -0.2) is 14.1 Å². The molecule has 3 aromatic rings. The summed E-state index contributed by atoms with van der Waals surface area (Å²) < 4.78 is 18.9. The summed E-state index contributed by atoms with van der Waals surface area (Å²) in [6.07, 6.45) is 0.671. The van der Waals surface area contributed by atoms with E-state index in [0.29, 0.717) is 29.3 Å². The van der Waals surface area contributed by atoms with Crippen LogP contribution in [0.25, 0.3) is 0 Å². The summed E-state index contributed by atoms with van der Waals surface area (Å²) in [6, 6.07) is 19.7. The van der Waals surface area contributed by atoms with Crippen molar-refractivity contribution in [1.82, 2.24) is 4.90 Å². The Hall–Kier alpha value is -4.20. The molecule has 3 aromatic carbocycles. The van der Waals surface area contributed by atoms with Gasteiger partial charge in [0.05, 0.1) is 18.7 Å². The zero-order chi connectivity index (χ0) is 24.8. The van der Waals surface area contributed by atoms with Gasteiger partial charge in [-0.15, -0.1) is 0 Å². The van der Waals surface area contributed by atoms with Gasteiger partial charge in [0.2, 0.25) is 5.91 Å². The Morgan fingerprint density at radius 1 is 0.971 bits per heavy atom. The first-order valence-electron chi connectivity index (χ1n) is 11.4. The third kappa shape index (κ3) is 5.66. The van der Waals surface area contributed by atoms with Gasteiger partial charge in [0, 0.05) is 12.2 Å². The van der Waals surface area contributed by atoms with Crippen LogP contribution in [0.1, 0.15) is 25.3 Å². The molecule has 4 rings (SSSR count). The number of amides is 4. The van der Waals surface area contributed by atoms with Gasteiger partial charge < -0.3 is 15.0 Å². The minimum atomic E-state index is -1.00. The van der Waals surface area contributed by atoms with Crippen molar-refractivity contribution in [3.8, 4) is 5.75 Å². The highest BCUT2D eigenvalue weighted by atomic mass is 19.1. The lowest BCUT2D eigenvalue weighted by molar-refractivity contribution is -0.124. The first-order chi connectivity index (χ1) is 17.0. The number of nitrogens with zero attached hydrogens (tertiary/aromatic N) is 2. The van der Waals surface area contributed by atoms with Crippen LogP contribution in [-0.2, 0) is 16.1 Å².